The Morgan fingerprint density at radius 1 is 1.40 bits per heavy atom. The van der Waals surface area contributed by atoms with E-state index in [1.165, 1.54) is 38.8 Å². The van der Waals surface area contributed by atoms with Gasteiger partial charge in [-0.05, 0) is 44.7 Å². The number of hydrogen-bond donors (Lipinski definition) is 1. The van der Waals surface area contributed by atoms with E-state index >= 15 is 0 Å². The van der Waals surface area contributed by atoms with Crippen molar-refractivity contribution in [3.05, 3.63) is 12.7 Å². The average molecular weight is 139 g/mol. The van der Waals surface area contributed by atoms with Crippen molar-refractivity contribution in [1.82, 2.24) is 5.32 Å². The molecule has 1 aliphatic rings. The summed E-state index contributed by atoms with van der Waals surface area (Å²) in [6.07, 6.45) is 7.33. The van der Waals surface area contributed by atoms with E-state index in [0.29, 0.717) is 0 Å². The van der Waals surface area contributed by atoms with Crippen molar-refractivity contribution in [2.45, 2.75) is 25.7 Å². The number of nitrogens with one attached hydrogen (secondary N) is 1. The summed E-state index contributed by atoms with van der Waals surface area (Å²) >= 11 is 0. The average Bonchev–Trinajstić information content (AvgIpc) is 2.17. The molecule has 1 aliphatic heterocycles. The topological polar surface area (TPSA) is 12.0 Å². The summed E-state index contributed by atoms with van der Waals surface area (Å²) in [7, 11) is 0. The van der Waals surface area contributed by atoms with E-state index in [4.69, 9.17) is 0 Å². The third-order valence-electron chi connectivity index (χ3n) is 2.20. The van der Waals surface area contributed by atoms with Crippen molar-refractivity contribution >= 4 is 0 Å². The maximum atomic E-state index is 3.76. The predicted molar refractivity (Wildman–Crippen MR) is 45.0 cm³/mol. The monoisotopic (exact) mass is 139 g/mol. The summed E-state index contributed by atoms with van der Waals surface area (Å²) in [5.41, 5.74) is 0. The Balaban J connectivity index is 2.21. The highest BCUT2D eigenvalue weighted by atomic mass is 14.8. The molecule has 1 heteroatoms. The minimum atomic E-state index is 0.910. The van der Waals surface area contributed by atoms with Gasteiger partial charge in [0.2, 0.25) is 0 Å². The molecule has 58 valence electrons. The number of rotatable bonds is 2. The van der Waals surface area contributed by atoms with Crippen LogP contribution < -0.4 is 5.32 Å². The van der Waals surface area contributed by atoms with Gasteiger partial charge in [0, 0.05) is 0 Å². The van der Waals surface area contributed by atoms with Crippen LogP contribution in [0.1, 0.15) is 25.7 Å². The van der Waals surface area contributed by atoms with Gasteiger partial charge >= 0.3 is 0 Å². The molecular weight excluding hydrogens is 122 g/mol. The minimum Gasteiger partial charge on any atom is -0.317 e. The zero-order valence-corrected chi connectivity index (χ0v) is 6.60. The Kier molecular flexibility index (Phi) is 3.52. The molecule has 10 heavy (non-hydrogen) atoms. The van der Waals surface area contributed by atoms with Crippen LogP contribution in [0.25, 0.3) is 0 Å². The molecule has 0 aromatic carbocycles. The van der Waals surface area contributed by atoms with Crippen molar-refractivity contribution in [3.63, 3.8) is 0 Å². The lowest BCUT2D eigenvalue weighted by Crippen LogP contribution is -2.13. The van der Waals surface area contributed by atoms with Crippen LogP contribution in [0, 0.1) is 5.92 Å². The van der Waals surface area contributed by atoms with Crippen LogP contribution >= 0.6 is 0 Å². The largest absolute Gasteiger partial charge is 0.317 e. The van der Waals surface area contributed by atoms with Crippen LogP contribution in [0.5, 0.6) is 0 Å². The zero-order chi connectivity index (χ0) is 7.23. The molecule has 0 spiro atoms. The van der Waals surface area contributed by atoms with E-state index in [2.05, 4.69) is 18.0 Å². The van der Waals surface area contributed by atoms with Crippen molar-refractivity contribution in [1.29, 1.82) is 0 Å². The van der Waals surface area contributed by atoms with E-state index < -0.39 is 0 Å². The Hall–Kier alpha value is -0.300. The van der Waals surface area contributed by atoms with Crippen LogP contribution in [0.15, 0.2) is 12.7 Å². The smallest absolute Gasteiger partial charge is 0.00462 e. The van der Waals surface area contributed by atoms with E-state index in [0.717, 1.165) is 5.92 Å². The summed E-state index contributed by atoms with van der Waals surface area (Å²) in [6.45, 7) is 6.19. The molecule has 1 fully saturated rings. The van der Waals surface area contributed by atoms with Gasteiger partial charge in [0.25, 0.3) is 0 Å². The molecule has 0 aromatic rings. The van der Waals surface area contributed by atoms with E-state index in [1.807, 2.05) is 0 Å². The third kappa shape index (κ3) is 2.53. The van der Waals surface area contributed by atoms with Gasteiger partial charge in [-0.15, -0.1) is 6.58 Å². The molecule has 0 amide bonds. The summed E-state index contributed by atoms with van der Waals surface area (Å²) in [4.78, 5) is 0. The normalized spacial score (nSPS) is 27.4. The maximum absolute atomic E-state index is 3.76. The highest BCUT2D eigenvalue weighted by Crippen LogP contribution is 2.16. The standard InChI is InChI=1S/C9H17N/c1-2-4-9-5-3-7-10-8-6-9/h2,9-10H,1,3-8H2. The quantitative estimate of drug-likeness (QED) is 0.577. The first kappa shape index (κ1) is 7.80. The van der Waals surface area contributed by atoms with Gasteiger partial charge in [-0.3, -0.25) is 0 Å². The molecule has 1 rings (SSSR count). The van der Waals surface area contributed by atoms with Gasteiger partial charge < -0.3 is 5.32 Å². The fourth-order valence-electron chi connectivity index (χ4n) is 1.56. The fourth-order valence-corrected chi connectivity index (χ4v) is 1.56. The molecule has 0 aromatic heterocycles. The molecule has 1 nitrogen and oxygen atoms in total. The van der Waals surface area contributed by atoms with Gasteiger partial charge in [-0.1, -0.05) is 6.08 Å². The Morgan fingerprint density at radius 2 is 2.30 bits per heavy atom. The van der Waals surface area contributed by atoms with Gasteiger partial charge in [-0.25, -0.2) is 0 Å². The summed E-state index contributed by atoms with van der Waals surface area (Å²) in [5.74, 6) is 0.910. The van der Waals surface area contributed by atoms with Crippen molar-refractivity contribution in [2.75, 3.05) is 13.1 Å². The number of allylic oxidation sites excluding steroid dienone is 1. The van der Waals surface area contributed by atoms with E-state index in [1.54, 1.807) is 0 Å². The lowest BCUT2D eigenvalue weighted by molar-refractivity contribution is 0.479. The van der Waals surface area contributed by atoms with Gasteiger partial charge in [0.05, 0.1) is 0 Å². The molecule has 1 unspecified atom stereocenters. The summed E-state index contributed by atoms with van der Waals surface area (Å²) in [5, 5.41) is 3.40. The first-order chi connectivity index (χ1) is 4.93. The van der Waals surface area contributed by atoms with E-state index in [-0.39, 0.29) is 0 Å². The van der Waals surface area contributed by atoms with Crippen molar-refractivity contribution in [2.24, 2.45) is 5.92 Å². The second-order valence-electron chi connectivity index (χ2n) is 3.07. The SMILES string of the molecule is C=CCC1CCCNCC1. The summed E-state index contributed by atoms with van der Waals surface area (Å²) < 4.78 is 0. The Morgan fingerprint density at radius 3 is 3.10 bits per heavy atom. The molecule has 0 radical (unpaired) electrons. The van der Waals surface area contributed by atoms with Crippen molar-refractivity contribution < 1.29 is 0 Å². The van der Waals surface area contributed by atoms with Gasteiger partial charge in [0.1, 0.15) is 0 Å². The maximum Gasteiger partial charge on any atom is -0.00462 e. The molecule has 1 heterocycles. The lowest BCUT2D eigenvalue weighted by atomic mass is 9.97. The highest BCUT2D eigenvalue weighted by molar-refractivity contribution is 4.75. The van der Waals surface area contributed by atoms with Crippen LogP contribution in [0.2, 0.25) is 0 Å². The van der Waals surface area contributed by atoms with Crippen LogP contribution in [-0.4, -0.2) is 13.1 Å². The molecule has 0 saturated carbocycles. The van der Waals surface area contributed by atoms with Gasteiger partial charge in [0.15, 0.2) is 0 Å². The molecule has 0 aliphatic carbocycles. The molecular formula is C9H17N. The lowest BCUT2D eigenvalue weighted by Gasteiger charge is -2.08. The molecule has 0 bridgehead atoms. The first-order valence-electron chi connectivity index (χ1n) is 4.25. The van der Waals surface area contributed by atoms with Crippen LogP contribution in [0.4, 0.5) is 0 Å². The Bertz CT molecular complexity index is 90.9. The second-order valence-corrected chi connectivity index (χ2v) is 3.07. The first-order valence-corrected chi connectivity index (χ1v) is 4.25. The molecule has 1 saturated heterocycles. The van der Waals surface area contributed by atoms with Crippen LogP contribution in [-0.2, 0) is 0 Å². The predicted octanol–water partition coefficient (Wildman–Crippen LogP) is 1.95. The summed E-state index contributed by atoms with van der Waals surface area (Å²) in [6, 6.07) is 0. The van der Waals surface area contributed by atoms with Crippen molar-refractivity contribution in [3.8, 4) is 0 Å². The zero-order valence-electron chi connectivity index (χ0n) is 6.60. The highest BCUT2D eigenvalue weighted by Gasteiger charge is 2.08. The third-order valence-corrected chi connectivity index (χ3v) is 2.20. The van der Waals surface area contributed by atoms with Gasteiger partial charge in [-0.2, -0.15) is 0 Å². The molecule has 1 N–H and O–H groups in total. The van der Waals surface area contributed by atoms with E-state index in [9.17, 15) is 0 Å². The van der Waals surface area contributed by atoms with Crippen LogP contribution in [0.3, 0.4) is 0 Å². The number of hydrogen-bond acceptors (Lipinski definition) is 1. The molecule has 1 atom stereocenters. The fraction of sp³-hybridized carbons (Fsp3) is 0.778. The Labute approximate surface area is 63.5 Å². The second kappa shape index (κ2) is 4.51. The minimum absolute atomic E-state index is 0.910.